The quantitative estimate of drug-likeness (QED) is 0.282. The van der Waals surface area contributed by atoms with Crippen LogP contribution in [0.25, 0.3) is 11.0 Å². The molecule has 0 saturated carbocycles. The number of aryl methyl sites for hydroxylation is 1. The predicted octanol–water partition coefficient (Wildman–Crippen LogP) is 5.67. The fourth-order valence-electron chi connectivity index (χ4n) is 4.02. The Morgan fingerprint density at radius 2 is 2.00 bits per heavy atom. The van der Waals surface area contributed by atoms with Gasteiger partial charge in [0.2, 0.25) is 10.9 Å². The lowest BCUT2D eigenvalue weighted by molar-refractivity contribution is 0.0970. The number of ether oxygens (including phenoxy) is 1. The maximum atomic E-state index is 13.7. The van der Waals surface area contributed by atoms with Crippen LogP contribution in [-0.4, -0.2) is 22.7 Å². The Morgan fingerprint density at radius 3 is 2.74 bits per heavy atom. The van der Waals surface area contributed by atoms with Crippen LogP contribution in [0, 0.1) is 0 Å². The van der Waals surface area contributed by atoms with E-state index in [1.807, 2.05) is 12.1 Å². The Hall–Kier alpha value is -3.30. The van der Waals surface area contributed by atoms with Crippen molar-refractivity contribution in [2.45, 2.75) is 25.8 Å². The zero-order chi connectivity index (χ0) is 23.8. The van der Waals surface area contributed by atoms with Crippen molar-refractivity contribution in [1.82, 2.24) is 10.2 Å². The van der Waals surface area contributed by atoms with Gasteiger partial charge >= 0.3 is 0 Å². The summed E-state index contributed by atoms with van der Waals surface area (Å²) in [5.74, 6) is 0.285. The molecule has 0 aliphatic carbocycles. The van der Waals surface area contributed by atoms with Crippen LogP contribution in [-0.2, 0) is 6.42 Å². The highest BCUT2D eigenvalue weighted by atomic mass is 79.9. The first kappa shape index (κ1) is 22.5. The summed E-state index contributed by atoms with van der Waals surface area (Å²) in [6.45, 7) is 6.10. The van der Waals surface area contributed by atoms with Gasteiger partial charge in [-0.2, -0.15) is 0 Å². The molecule has 0 saturated heterocycles. The normalized spacial score (nSPS) is 15.1. The van der Waals surface area contributed by atoms with Gasteiger partial charge in [-0.3, -0.25) is 14.5 Å². The second-order valence-electron chi connectivity index (χ2n) is 7.79. The maximum absolute atomic E-state index is 13.7. The number of halogens is 1. The molecule has 3 heterocycles. The number of nitrogens with zero attached hydrogens (tertiary/aromatic N) is 3. The molecule has 0 N–H and O–H groups in total. The van der Waals surface area contributed by atoms with Gasteiger partial charge in [-0.05, 0) is 42.3 Å². The number of anilines is 1. The van der Waals surface area contributed by atoms with E-state index in [0.29, 0.717) is 34.0 Å². The van der Waals surface area contributed by atoms with Crippen LogP contribution in [0.2, 0.25) is 0 Å². The topological polar surface area (TPSA) is 85.5 Å². The van der Waals surface area contributed by atoms with Gasteiger partial charge in [0.25, 0.3) is 5.91 Å². The van der Waals surface area contributed by atoms with Crippen LogP contribution in [0.3, 0.4) is 0 Å². The number of benzene rings is 2. The molecule has 2 aromatic carbocycles. The fourth-order valence-corrected chi connectivity index (χ4v) is 5.34. The average molecular weight is 538 g/mol. The van der Waals surface area contributed by atoms with E-state index in [4.69, 9.17) is 9.15 Å². The Balaban J connectivity index is 1.69. The van der Waals surface area contributed by atoms with E-state index in [1.54, 1.807) is 36.4 Å². The van der Waals surface area contributed by atoms with E-state index in [-0.39, 0.29) is 11.2 Å². The van der Waals surface area contributed by atoms with Gasteiger partial charge in [0.1, 0.15) is 22.9 Å². The Labute approximate surface area is 207 Å². The van der Waals surface area contributed by atoms with Gasteiger partial charge in [0, 0.05) is 10.9 Å². The molecule has 34 heavy (non-hydrogen) atoms. The van der Waals surface area contributed by atoms with Crippen molar-refractivity contribution in [1.29, 1.82) is 0 Å². The maximum Gasteiger partial charge on any atom is 0.297 e. The van der Waals surface area contributed by atoms with Gasteiger partial charge < -0.3 is 9.15 Å². The van der Waals surface area contributed by atoms with E-state index < -0.39 is 11.9 Å². The lowest BCUT2D eigenvalue weighted by Gasteiger charge is -2.22. The summed E-state index contributed by atoms with van der Waals surface area (Å²) < 4.78 is 12.3. The standard InChI is InChI=1S/C25H20BrN3O4S/c1-3-5-19-27-28-25(34-19)29-21(14-6-9-16(10-7-14)32-12-4-2)20-22(30)17-13-15(26)8-11-18(17)33-23(20)24(29)31/h4,6-11,13,21H,2-3,5,12H2,1H3. The van der Waals surface area contributed by atoms with Crippen molar-refractivity contribution < 1.29 is 13.9 Å². The van der Waals surface area contributed by atoms with Gasteiger partial charge in [-0.25, -0.2) is 0 Å². The number of hydrogen-bond donors (Lipinski definition) is 0. The van der Waals surface area contributed by atoms with Gasteiger partial charge in [-0.15, -0.1) is 10.2 Å². The molecule has 4 aromatic rings. The Bertz CT molecular complexity index is 1460. The first-order valence-electron chi connectivity index (χ1n) is 10.8. The molecule has 0 bridgehead atoms. The Morgan fingerprint density at radius 1 is 1.21 bits per heavy atom. The SMILES string of the molecule is C=CCOc1ccc(C2c3c(oc4ccc(Br)cc4c3=O)C(=O)N2c2nnc(CCC)s2)cc1. The number of carbonyl (C=O) groups is 1. The van der Waals surface area contributed by atoms with Crippen LogP contribution in [0.5, 0.6) is 5.75 Å². The number of carbonyl (C=O) groups excluding carboxylic acids is 1. The number of amides is 1. The van der Waals surface area contributed by atoms with E-state index in [2.05, 4.69) is 39.6 Å². The highest BCUT2D eigenvalue weighted by Crippen LogP contribution is 2.42. The van der Waals surface area contributed by atoms with Crippen molar-refractivity contribution in [3.8, 4) is 5.75 Å². The molecule has 1 unspecified atom stereocenters. The van der Waals surface area contributed by atoms with E-state index in [1.165, 1.54) is 16.2 Å². The van der Waals surface area contributed by atoms with Crippen molar-refractivity contribution in [2.75, 3.05) is 11.5 Å². The summed E-state index contributed by atoms with van der Waals surface area (Å²) in [5, 5.41) is 10.2. The minimum Gasteiger partial charge on any atom is -0.490 e. The minimum atomic E-state index is -0.696. The van der Waals surface area contributed by atoms with Crippen molar-refractivity contribution in [3.63, 3.8) is 0 Å². The van der Waals surface area contributed by atoms with E-state index in [0.717, 1.165) is 27.9 Å². The highest BCUT2D eigenvalue weighted by Gasteiger charge is 2.45. The van der Waals surface area contributed by atoms with Gasteiger partial charge in [-0.1, -0.05) is 59.0 Å². The van der Waals surface area contributed by atoms with Crippen molar-refractivity contribution in [3.05, 3.63) is 91.7 Å². The summed E-state index contributed by atoms with van der Waals surface area (Å²) >= 11 is 4.77. The summed E-state index contributed by atoms with van der Waals surface area (Å²) in [7, 11) is 0. The number of rotatable bonds is 7. The third-order valence-corrected chi connectivity index (χ3v) is 7.00. The molecule has 172 valence electrons. The second kappa shape index (κ2) is 9.15. The van der Waals surface area contributed by atoms with Crippen molar-refractivity contribution in [2.24, 2.45) is 0 Å². The molecule has 1 amide bonds. The number of hydrogen-bond acceptors (Lipinski definition) is 7. The first-order chi connectivity index (χ1) is 16.5. The zero-order valence-corrected chi connectivity index (χ0v) is 20.7. The van der Waals surface area contributed by atoms with Crippen LogP contribution >= 0.6 is 27.3 Å². The summed E-state index contributed by atoms with van der Waals surface area (Å²) in [6, 6.07) is 11.8. The van der Waals surface area contributed by atoms with E-state index >= 15 is 0 Å². The van der Waals surface area contributed by atoms with Crippen molar-refractivity contribution >= 4 is 49.3 Å². The largest absolute Gasteiger partial charge is 0.490 e. The van der Waals surface area contributed by atoms with Crippen LogP contribution in [0.1, 0.15) is 46.1 Å². The van der Waals surface area contributed by atoms with Gasteiger partial charge in [0.05, 0.1) is 17.0 Å². The molecule has 0 fully saturated rings. The van der Waals surface area contributed by atoms with E-state index in [9.17, 15) is 9.59 Å². The molecule has 7 nitrogen and oxygen atoms in total. The molecule has 1 atom stereocenters. The smallest absolute Gasteiger partial charge is 0.297 e. The lowest BCUT2D eigenvalue weighted by Crippen LogP contribution is -2.29. The second-order valence-corrected chi connectivity index (χ2v) is 9.75. The molecule has 5 rings (SSSR count). The molecule has 9 heteroatoms. The number of aromatic nitrogens is 2. The minimum absolute atomic E-state index is 0.0315. The first-order valence-corrected chi connectivity index (χ1v) is 12.4. The summed E-state index contributed by atoms with van der Waals surface area (Å²) in [6.07, 6.45) is 3.35. The molecule has 1 aliphatic heterocycles. The summed E-state index contributed by atoms with van der Waals surface area (Å²) in [4.78, 5) is 28.8. The lowest BCUT2D eigenvalue weighted by atomic mass is 9.98. The van der Waals surface area contributed by atoms with Gasteiger partial charge in [0.15, 0.2) is 5.43 Å². The third kappa shape index (κ3) is 3.84. The number of fused-ring (bicyclic) bond motifs is 2. The summed E-state index contributed by atoms with van der Waals surface area (Å²) in [5.41, 5.74) is 1.15. The van der Waals surface area contributed by atoms with Crippen LogP contribution < -0.4 is 15.1 Å². The zero-order valence-electron chi connectivity index (χ0n) is 18.3. The molecule has 1 aliphatic rings. The molecule has 0 spiro atoms. The molecular formula is C25H20BrN3O4S. The molecule has 2 aromatic heterocycles. The molecule has 0 radical (unpaired) electrons. The fraction of sp³-hybridized carbons (Fsp3) is 0.200. The predicted molar refractivity (Wildman–Crippen MR) is 135 cm³/mol. The monoisotopic (exact) mass is 537 g/mol. The Kier molecular flexibility index (Phi) is 6.05. The van der Waals surface area contributed by atoms with Crippen LogP contribution in [0.4, 0.5) is 5.13 Å². The highest BCUT2D eigenvalue weighted by molar-refractivity contribution is 9.10. The van der Waals surface area contributed by atoms with Crippen LogP contribution in [0.15, 0.2) is 68.8 Å². The average Bonchev–Trinajstić information content (AvgIpc) is 3.41. The third-order valence-electron chi connectivity index (χ3n) is 5.52. The molecular weight excluding hydrogens is 518 g/mol.